The Morgan fingerprint density at radius 2 is 1.92 bits per heavy atom. The van der Waals surface area contributed by atoms with E-state index in [-0.39, 0.29) is 23.7 Å². The molecule has 1 aliphatic rings. The van der Waals surface area contributed by atoms with Crippen molar-refractivity contribution in [2.75, 3.05) is 33.3 Å². The van der Waals surface area contributed by atoms with Crippen molar-refractivity contribution in [3.05, 3.63) is 53.5 Å². The van der Waals surface area contributed by atoms with E-state index in [1.807, 2.05) is 4.90 Å². The fourth-order valence-corrected chi connectivity index (χ4v) is 3.06. The molecule has 0 aliphatic carbocycles. The van der Waals surface area contributed by atoms with Crippen LogP contribution in [0.25, 0.3) is 0 Å². The van der Waals surface area contributed by atoms with E-state index in [0.717, 1.165) is 19.2 Å². The van der Waals surface area contributed by atoms with Crippen LogP contribution in [0.2, 0.25) is 0 Å². The molecular weight excluding hydrogens is 357 g/mol. The average molecular weight is 377 g/mol. The second kappa shape index (κ2) is 8.12. The highest BCUT2D eigenvalue weighted by Crippen LogP contribution is 2.40. The molecule has 2 heterocycles. The Kier molecular flexibility index (Phi) is 6.37. The quantitative estimate of drug-likeness (QED) is 0.882. The first-order valence-corrected chi connectivity index (χ1v) is 7.74. The molecule has 1 fully saturated rings. The number of methoxy groups -OCH3 is 1. The highest BCUT2D eigenvalue weighted by Gasteiger charge is 2.38. The third-order valence-corrected chi connectivity index (χ3v) is 4.19. The van der Waals surface area contributed by atoms with Crippen molar-refractivity contribution in [3.8, 4) is 5.75 Å². The van der Waals surface area contributed by atoms with Crippen LogP contribution in [-0.2, 0) is 6.18 Å². The van der Waals surface area contributed by atoms with Crippen molar-refractivity contribution in [2.24, 2.45) is 0 Å². The minimum Gasteiger partial charge on any atom is -0.497 e. The van der Waals surface area contributed by atoms with E-state index in [9.17, 15) is 13.2 Å². The number of furan rings is 1. The molecule has 1 aromatic carbocycles. The molecule has 1 aromatic heterocycles. The molecule has 4 nitrogen and oxygen atoms in total. The van der Waals surface area contributed by atoms with E-state index < -0.39 is 17.8 Å². The number of nitrogens with zero attached hydrogens (tertiary/aromatic N) is 1. The number of piperazine rings is 1. The summed E-state index contributed by atoms with van der Waals surface area (Å²) in [5.74, 6) is 0.692. The van der Waals surface area contributed by atoms with Gasteiger partial charge < -0.3 is 14.5 Å². The maximum atomic E-state index is 13.6. The lowest BCUT2D eigenvalue weighted by atomic mass is 9.95. The number of hydrogen-bond acceptors (Lipinski definition) is 4. The fourth-order valence-electron chi connectivity index (χ4n) is 3.06. The van der Waals surface area contributed by atoms with E-state index >= 15 is 0 Å². The van der Waals surface area contributed by atoms with Gasteiger partial charge in [0.25, 0.3) is 0 Å². The first-order valence-electron chi connectivity index (χ1n) is 7.74. The van der Waals surface area contributed by atoms with Crippen molar-refractivity contribution < 1.29 is 22.3 Å². The van der Waals surface area contributed by atoms with Crippen LogP contribution in [0.1, 0.15) is 22.9 Å². The van der Waals surface area contributed by atoms with Gasteiger partial charge in [-0.2, -0.15) is 13.2 Å². The van der Waals surface area contributed by atoms with E-state index in [1.165, 1.54) is 19.4 Å². The van der Waals surface area contributed by atoms with Gasteiger partial charge in [0, 0.05) is 26.2 Å². The molecule has 0 radical (unpaired) electrons. The van der Waals surface area contributed by atoms with Crippen LogP contribution in [-0.4, -0.2) is 38.2 Å². The van der Waals surface area contributed by atoms with E-state index in [4.69, 9.17) is 9.15 Å². The second-order valence-corrected chi connectivity index (χ2v) is 5.65. The second-order valence-electron chi connectivity index (χ2n) is 5.65. The summed E-state index contributed by atoms with van der Waals surface area (Å²) in [7, 11) is 1.36. The maximum Gasteiger partial charge on any atom is 0.416 e. The summed E-state index contributed by atoms with van der Waals surface area (Å²) in [6.07, 6.45) is -2.98. The number of alkyl halides is 3. The highest BCUT2D eigenvalue weighted by molar-refractivity contribution is 5.85. The Morgan fingerprint density at radius 3 is 2.48 bits per heavy atom. The number of hydrogen-bond donors (Lipinski definition) is 1. The number of benzene rings is 1. The van der Waals surface area contributed by atoms with E-state index in [0.29, 0.717) is 18.8 Å². The molecule has 0 spiro atoms. The molecule has 138 valence electrons. The van der Waals surface area contributed by atoms with Gasteiger partial charge >= 0.3 is 6.18 Å². The summed E-state index contributed by atoms with van der Waals surface area (Å²) in [6, 6.07) is 6.93. The number of rotatable bonds is 4. The van der Waals surface area contributed by atoms with Gasteiger partial charge in [0.05, 0.1) is 25.0 Å². The third kappa shape index (κ3) is 4.29. The zero-order valence-electron chi connectivity index (χ0n) is 13.7. The molecule has 2 aromatic rings. The van der Waals surface area contributed by atoms with Gasteiger partial charge in [0.15, 0.2) is 0 Å². The molecule has 25 heavy (non-hydrogen) atoms. The maximum absolute atomic E-state index is 13.6. The summed E-state index contributed by atoms with van der Waals surface area (Å²) >= 11 is 0. The zero-order valence-corrected chi connectivity index (χ0v) is 14.5. The molecule has 3 rings (SSSR count). The van der Waals surface area contributed by atoms with Gasteiger partial charge in [-0.3, -0.25) is 4.90 Å². The van der Waals surface area contributed by atoms with Gasteiger partial charge in [-0.05, 0) is 29.8 Å². The Morgan fingerprint density at radius 1 is 1.20 bits per heavy atom. The lowest BCUT2D eigenvalue weighted by Gasteiger charge is -2.35. The third-order valence-electron chi connectivity index (χ3n) is 4.19. The monoisotopic (exact) mass is 376 g/mol. The van der Waals surface area contributed by atoms with Crippen molar-refractivity contribution in [1.29, 1.82) is 0 Å². The van der Waals surface area contributed by atoms with Gasteiger partial charge in [-0.1, -0.05) is 6.07 Å². The van der Waals surface area contributed by atoms with Crippen LogP contribution in [0.15, 0.2) is 41.0 Å². The molecule has 1 aliphatic heterocycles. The average Bonchev–Trinajstić information content (AvgIpc) is 3.09. The zero-order chi connectivity index (χ0) is 17.2. The number of ether oxygens (including phenoxy) is 1. The normalized spacial score (nSPS) is 17.0. The predicted octanol–water partition coefficient (Wildman–Crippen LogP) is 3.72. The summed E-state index contributed by atoms with van der Waals surface area (Å²) in [5, 5.41) is 3.21. The SMILES string of the molecule is COc1ccc([C@H](c2ccco2)N2CCNCC2)c(C(F)(F)F)c1.Cl. The first-order chi connectivity index (χ1) is 11.5. The Balaban J connectivity index is 0.00000225. The molecule has 1 atom stereocenters. The highest BCUT2D eigenvalue weighted by atomic mass is 35.5. The molecule has 8 heteroatoms. The van der Waals surface area contributed by atoms with Gasteiger partial charge in [-0.25, -0.2) is 0 Å². The lowest BCUT2D eigenvalue weighted by Crippen LogP contribution is -2.45. The first kappa shape index (κ1) is 19.6. The van der Waals surface area contributed by atoms with Crippen molar-refractivity contribution in [1.82, 2.24) is 10.2 Å². The van der Waals surface area contributed by atoms with Crippen LogP contribution in [0, 0.1) is 0 Å². The Bertz CT molecular complexity index is 671. The summed E-state index contributed by atoms with van der Waals surface area (Å²) in [6.45, 7) is 2.76. The standard InChI is InChI=1S/C17H19F3N2O2.ClH/c1-23-12-4-5-13(14(11-12)17(18,19)20)16(15-3-2-10-24-15)22-8-6-21-7-9-22;/h2-5,10-11,16,21H,6-9H2,1H3;1H/t16-;/m1./s1. The minimum absolute atomic E-state index is 0. The van der Waals surface area contributed by atoms with Gasteiger partial charge in [0.2, 0.25) is 0 Å². The Hall–Kier alpha value is -1.70. The van der Waals surface area contributed by atoms with Crippen LogP contribution >= 0.6 is 12.4 Å². The molecular formula is C17H20ClF3N2O2. The largest absolute Gasteiger partial charge is 0.497 e. The predicted molar refractivity (Wildman–Crippen MR) is 90.2 cm³/mol. The fraction of sp³-hybridized carbons (Fsp3) is 0.412. The number of halogens is 4. The van der Waals surface area contributed by atoms with Crippen LogP contribution in [0.3, 0.4) is 0 Å². The van der Waals surface area contributed by atoms with Crippen molar-refractivity contribution in [2.45, 2.75) is 12.2 Å². The topological polar surface area (TPSA) is 37.6 Å². The summed E-state index contributed by atoms with van der Waals surface area (Å²) in [5.41, 5.74) is -0.512. The summed E-state index contributed by atoms with van der Waals surface area (Å²) < 4.78 is 51.3. The van der Waals surface area contributed by atoms with Crippen LogP contribution in [0.5, 0.6) is 5.75 Å². The molecule has 0 saturated carbocycles. The molecule has 0 amide bonds. The summed E-state index contributed by atoms with van der Waals surface area (Å²) in [4.78, 5) is 2.01. The van der Waals surface area contributed by atoms with Crippen molar-refractivity contribution >= 4 is 12.4 Å². The van der Waals surface area contributed by atoms with E-state index in [2.05, 4.69) is 5.32 Å². The van der Waals surface area contributed by atoms with Crippen LogP contribution < -0.4 is 10.1 Å². The lowest BCUT2D eigenvalue weighted by molar-refractivity contribution is -0.138. The van der Waals surface area contributed by atoms with Crippen LogP contribution in [0.4, 0.5) is 13.2 Å². The molecule has 0 unspecified atom stereocenters. The number of nitrogens with one attached hydrogen (secondary N) is 1. The molecule has 0 bridgehead atoms. The minimum atomic E-state index is -4.47. The van der Waals surface area contributed by atoms with Gasteiger partial charge in [-0.15, -0.1) is 12.4 Å². The molecule has 1 saturated heterocycles. The van der Waals surface area contributed by atoms with Gasteiger partial charge in [0.1, 0.15) is 11.5 Å². The van der Waals surface area contributed by atoms with E-state index in [1.54, 1.807) is 18.2 Å². The Labute approximate surface area is 150 Å². The van der Waals surface area contributed by atoms with Crippen molar-refractivity contribution in [3.63, 3.8) is 0 Å². The smallest absolute Gasteiger partial charge is 0.416 e. The molecule has 1 N–H and O–H groups in total.